The molecule has 0 fully saturated rings. The Bertz CT molecular complexity index is 1180. The summed E-state index contributed by atoms with van der Waals surface area (Å²) >= 11 is 6.24. The minimum atomic E-state index is -1.36. The van der Waals surface area contributed by atoms with Crippen LogP contribution < -0.4 is 10.5 Å². The van der Waals surface area contributed by atoms with Crippen LogP contribution in [0.3, 0.4) is 0 Å². The number of aromatic nitrogens is 2. The highest BCUT2D eigenvalue weighted by molar-refractivity contribution is 6.32. The third-order valence-electron chi connectivity index (χ3n) is 4.73. The highest BCUT2D eigenvalue weighted by Gasteiger charge is 2.30. The number of aliphatic hydroxyl groups excluding tert-OH is 2. The van der Waals surface area contributed by atoms with Gasteiger partial charge in [0.2, 0.25) is 5.82 Å². The quantitative estimate of drug-likeness (QED) is 0.408. The molecular weight excluding hydrogens is 410 g/mol. The normalized spacial score (nSPS) is 11.9. The van der Waals surface area contributed by atoms with Crippen molar-refractivity contribution in [1.29, 1.82) is 0 Å². The SMILES string of the molecule is CCOc1ccc(-c2nc(-c3ccc4oc(C(N)(CO)CO)cc4c3)no2)cc1Cl. The molecular formula is C21H20ClN3O5. The summed E-state index contributed by atoms with van der Waals surface area (Å²) in [6.45, 7) is 1.50. The van der Waals surface area contributed by atoms with E-state index in [0.29, 0.717) is 45.8 Å². The maximum atomic E-state index is 9.48. The summed E-state index contributed by atoms with van der Waals surface area (Å²) in [5, 5.41) is 24.2. The molecule has 9 heteroatoms. The van der Waals surface area contributed by atoms with Gasteiger partial charge in [0.25, 0.3) is 5.89 Å². The molecule has 0 aliphatic rings. The molecule has 30 heavy (non-hydrogen) atoms. The Morgan fingerprint density at radius 1 is 1.10 bits per heavy atom. The Morgan fingerprint density at radius 2 is 1.87 bits per heavy atom. The lowest BCUT2D eigenvalue weighted by atomic mass is 10.00. The van der Waals surface area contributed by atoms with Gasteiger partial charge in [-0.1, -0.05) is 16.8 Å². The Morgan fingerprint density at radius 3 is 2.57 bits per heavy atom. The van der Waals surface area contributed by atoms with Gasteiger partial charge in [-0.3, -0.25) is 0 Å². The van der Waals surface area contributed by atoms with Gasteiger partial charge in [0.05, 0.1) is 24.8 Å². The average molecular weight is 430 g/mol. The van der Waals surface area contributed by atoms with E-state index in [1.165, 1.54) is 0 Å². The van der Waals surface area contributed by atoms with Gasteiger partial charge in [0.15, 0.2) is 0 Å². The van der Waals surface area contributed by atoms with Crippen LogP contribution in [0, 0.1) is 0 Å². The third kappa shape index (κ3) is 3.66. The van der Waals surface area contributed by atoms with Crippen molar-refractivity contribution in [3.63, 3.8) is 0 Å². The van der Waals surface area contributed by atoms with Crippen molar-refractivity contribution in [3.05, 3.63) is 53.2 Å². The second-order valence-corrected chi connectivity index (χ2v) is 7.24. The summed E-state index contributed by atoms with van der Waals surface area (Å²) in [5.41, 5.74) is 6.57. The second kappa shape index (κ2) is 8.08. The molecule has 4 rings (SSSR count). The highest BCUT2D eigenvalue weighted by atomic mass is 35.5. The van der Waals surface area contributed by atoms with Crippen molar-refractivity contribution in [1.82, 2.24) is 10.1 Å². The number of hydrogen-bond donors (Lipinski definition) is 3. The Kier molecular flexibility index (Phi) is 5.48. The number of nitrogens with zero attached hydrogens (tertiary/aromatic N) is 2. The first-order chi connectivity index (χ1) is 14.5. The first kappa shape index (κ1) is 20.4. The van der Waals surface area contributed by atoms with Gasteiger partial charge in [-0.15, -0.1) is 0 Å². The van der Waals surface area contributed by atoms with Gasteiger partial charge in [0, 0.05) is 16.5 Å². The maximum Gasteiger partial charge on any atom is 0.258 e. The van der Waals surface area contributed by atoms with E-state index in [9.17, 15) is 10.2 Å². The third-order valence-corrected chi connectivity index (χ3v) is 5.03. The van der Waals surface area contributed by atoms with Crippen LogP contribution in [0.1, 0.15) is 12.7 Å². The molecule has 2 aromatic carbocycles. The number of rotatable bonds is 7. The number of fused-ring (bicyclic) bond motifs is 1. The van der Waals surface area contributed by atoms with Crippen LogP contribution in [0.4, 0.5) is 0 Å². The molecule has 0 spiro atoms. The molecule has 0 bridgehead atoms. The lowest BCUT2D eigenvalue weighted by Gasteiger charge is -2.21. The lowest BCUT2D eigenvalue weighted by molar-refractivity contribution is 0.105. The topological polar surface area (TPSA) is 128 Å². The molecule has 0 aliphatic carbocycles. The van der Waals surface area contributed by atoms with Gasteiger partial charge in [-0.2, -0.15) is 4.98 Å². The van der Waals surface area contributed by atoms with Gasteiger partial charge < -0.3 is 29.6 Å². The number of nitrogens with two attached hydrogens (primary N) is 1. The van der Waals surface area contributed by atoms with Gasteiger partial charge >= 0.3 is 0 Å². The molecule has 0 saturated carbocycles. The van der Waals surface area contributed by atoms with Gasteiger partial charge in [-0.25, -0.2) is 0 Å². The van der Waals surface area contributed by atoms with E-state index in [2.05, 4.69) is 10.1 Å². The van der Waals surface area contributed by atoms with Crippen molar-refractivity contribution in [2.45, 2.75) is 12.5 Å². The van der Waals surface area contributed by atoms with E-state index in [1.807, 2.05) is 13.0 Å². The van der Waals surface area contributed by atoms with Crippen LogP contribution in [0.15, 0.2) is 51.4 Å². The number of hydrogen-bond acceptors (Lipinski definition) is 8. The Balaban J connectivity index is 1.65. The van der Waals surface area contributed by atoms with Crippen molar-refractivity contribution in [3.8, 4) is 28.6 Å². The summed E-state index contributed by atoms with van der Waals surface area (Å²) in [4.78, 5) is 4.45. The van der Waals surface area contributed by atoms with Crippen LogP contribution in [-0.2, 0) is 5.54 Å². The first-order valence-electron chi connectivity index (χ1n) is 9.29. The second-order valence-electron chi connectivity index (χ2n) is 6.84. The number of furan rings is 1. The summed E-state index contributed by atoms with van der Waals surface area (Å²) in [5.74, 6) is 1.59. The fourth-order valence-electron chi connectivity index (χ4n) is 3.00. The molecule has 156 valence electrons. The van der Waals surface area contributed by atoms with E-state index in [0.717, 1.165) is 5.39 Å². The number of ether oxygens (including phenoxy) is 1. The molecule has 2 heterocycles. The van der Waals surface area contributed by atoms with Crippen LogP contribution in [0.25, 0.3) is 33.8 Å². The standard InChI is InChI=1S/C21H20ClN3O5/c1-2-28-17-6-4-13(8-15(17)22)20-24-19(25-30-20)12-3-5-16-14(7-12)9-18(29-16)21(23,10-26)11-27/h3-9,26-27H,2,10-11,23H2,1H3. The van der Waals surface area contributed by atoms with Gasteiger partial charge in [0.1, 0.15) is 22.6 Å². The Labute approximate surface area is 176 Å². The van der Waals surface area contributed by atoms with Crippen LogP contribution in [0.2, 0.25) is 5.02 Å². The zero-order chi connectivity index (χ0) is 21.3. The lowest BCUT2D eigenvalue weighted by Crippen LogP contribution is -2.43. The molecule has 0 atom stereocenters. The minimum absolute atomic E-state index is 0.289. The van der Waals surface area contributed by atoms with E-state index in [-0.39, 0.29) is 5.76 Å². The molecule has 0 radical (unpaired) electrons. The van der Waals surface area contributed by atoms with E-state index >= 15 is 0 Å². The summed E-state index contributed by atoms with van der Waals surface area (Å²) in [6, 6.07) is 12.3. The van der Waals surface area contributed by atoms with Crippen molar-refractivity contribution >= 4 is 22.6 Å². The largest absolute Gasteiger partial charge is 0.492 e. The van der Waals surface area contributed by atoms with E-state index in [1.54, 1.807) is 36.4 Å². The smallest absolute Gasteiger partial charge is 0.258 e. The monoisotopic (exact) mass is 429 g/mol. The van der Waals surface area contributed by atoms with Crippen LogP contribution >= 0.6 is 11.6 Å². The summed E-state index contributed by atoms with van der Waals surface area (Å²) in [7, 11) is 0. The zero-order valence-electron chi connectivity index (χ0n) is 16.1. The fourth-order valence-corrected chi connectivity index (χ4v) is 3.23. The van der Waals surface area contributed by atoms with Gasteiger partial charge in [-0.05, 0) is 49.4 Å². The predicted octanol–water partition coefficient (Wildman–Crippen LogP) is 3.34. The average Bonchev–Trinajstić information content (AvgIpc) is 3.42. The fraction of sp³-hybridized carbons (Fsp3) is 0.238. The molecule has 4 aromatic rings. The molecule has 0 unspecified atom stereocenters. The number of benzene rings is 2. The predicted molar refractivity (Wildman–Crippen MR) is 111 cm³/mol. The Hall–Kier alpha value is -2.91. The highest BCUT2D eigenvalue weighted by Crippen LogP contribution is 2.32. The van der Waals surface area contributed by atoms with E-state index in [4.69, 9.17) is 31.0 Å². The summed E-state index contributed by atoms with van der Waals surface area (Å²) in [6.07, 6.45) is 0. The minimum Gasteiger partial charge on any atom is -0.492 e. The van der Waals surface area contributed by atoms with Crippen LogP contribution in [-0.4, -0.2) is 40.2 Å². The van der Waals surface area contributed by atoms with Crippen molar-refractivity contribution in [2.75, 3.05) is 19.8 Å². The summed E-state index contributed by atoms with van der Waals surface area (Å²) < 4.78 is 16.5. The molecule has 2 aromatic heterocycles. The number of halogens is 1. The van der Waals surface area contributed by atoms with Crippen molar-refractivity contribution < 1.29 is 23.9 Å². The van der Waals surface area contributed by atoms with E-state index < -0.39 is 18.8 Å². The number of aliphatic hydroxyl groups is 2. The zero-order valence-corrected chi connectivity index (χ0v) is 16.9. The molecule has 0 saturated heterocycles. The molecule has 4 N–H and O–H groups in total. The van der Waals surface area contributed by atoms with Crippen LogP contribution in [0.5, 0.6) is 5.75 Å². The molecule has 0 aliphatic heterocycles. The maximum absolute atomic E-state index is 9.48. The van der Waals surface area contributed by atoms with Crippen molar-refractivity contribution in [2.24, 2.45) is 5.73 Å². The molecule has 8 nitrogen and oxygen atoms in total. The first-order valence-corrected chi connectivity index (χ1v) is 9.66. The molecule has 0 amide bonds.